The second-order valence-electron chi connectivity index (χ2n) is 7.64. The molecular weight excluding hydrogens is 412 g/mol. The van der Waals surface area contributed by atoms with E-state index in [9.17, 15) is 4.79 Å². The molecular formula is C23H28N4OS2. The molecule has 0 spiro atoms. The zero-order chi connectivity index (χ0) is 21.7. The van der Waals surface area contributed by atoms with E-state index in [1.165, 1.54) is 11.8 Å². The largest absolute Gasteiger partial charge is 0.325 e. The van der Waals surface area contributed by atoms with Crippen LogP contribution in [0.15, 0.2) is 53.5 Å². The van der Waals surface area contributed by atoms with Crippen LogP contribution in [-0.2, 0) is 11.3 Å². The fourth-order valence-corrected chi connectivity index (χ4v) is 4.74. The number of thiophene rings is 1. The molecule has 7 heteroatoms. The van der Waals surface area contributed by atoms with Crippen LogP contribution in [0.3, 0.4) is 0 Å². The van der Waals surface area contributed by atoms with Crippen LogP contribution >= 0.6 is 23.1 Å². The Kier molecular flexibility index (Phi) is 7.50. The smallest absolute Gasteiger partial charge is 0.234 e. The van der Waals surface area contributed by atoms with E-state index in [1.54, 1.807) is 11.3 Å². The van der Waals surface area contributed by atoms with Crippen molar-refractivity contribution < 1.29 is 4.79 Å². The first-order chi connectivity index (χ1) is 14.4. The quantitative estimate of drug-likeness (QED) is 0.319. The molecule has 1 amide bonds. The number of aromatic nitrogens is 3. The van der Waals surface area contributed by atoms with Gasteiger partial charge in [0.05, 0.1) is 10.6 Å². The normalized spacial score (nSPS) is 11.3. The Morgan fingerprint density at radius 3 is 2.43 bits per heavy atom. The van der Waals surface area contributed by atoms with Gasteiger partial charge in [0.2, 0.25) is 5.91 Å². The molecule has 0 bridgehead atoms. The van der Waals surface area contributed by atoms with E-state index in [0.717, 1.165) is 32.7 Å². The molecule has 0 saturated heterocycles. The topological polar surface area (TPSA) is 59.8 Å². The lowest BCUT2D eigenvalue weighted by molar-refractivity contribution is -0.113. The number of hydrogen-bond donors (Lipinski definition) is 1. The standard InChI is InChI=1S/C23H28N4OS2/c1-6-12-27-22(19-11-8-13-29-19)25-26-23(27)30-14-20(28)24-21-17(15(2)3)9-7-10-18(21)16(4)5/h6-11,13,15-16H,1,12,14H2,2-5H3,(H,24,28). The third-order valence-corrected chi connectivity index (χ3v) is 6.57. The number of rotatable bonds is 9. The number of hydrogen-bond acceptors (Lipinski definition) is 5. The number of benzene rings is 1. The molecule has 0 saturated carbocycles. The number of para-hydroxylation sites is 1. The number of anilines is 1. The minimum absolute atomic E-state index is 0.0409. The minimum atomic E-state index is -0.0409. The van der Waals surface area contributed by atoms with Crippen LogP contribution in [-0.4, -0.2) is 26.4 Å². The van der Waals surface area contributed by atoms with Gasteiger partial charge in [-0.15, -0.1) is 28.1 Å². The summed E-state index contributed by atoms with van der Waals surface area (Å²) in [5.41, 5.74) is 3.27. The molecule has 0 fully saturated rings. The number of nitrogens with one attached hydrogen (secondary N) is 1. The lowest BCUT2D eigenvalue weighted by Crippen LogP contribution is -2.18. The summed E-state index contributed by atoms with van der Waals surface area (Å²) in [7, 11) is 0. The zero-order valence-corrected chi connectivity index (χ0v) is 19.5. The Labute approximate surface area is 186 Å². The highest BCUT2D eigenvalue weighted by molar-refractivity contribution is 7.99. The SMILES string of the molecule is C=CCn1c(SCC(=O)Nc2c(C(C)C)cccc2C(C)C)nnc1-c1cccs1. The number of thioether (sulfide) groups is 1. The molecule has 0 aliphatic carbocycles. The Hall–Kier alpha value is -2.38. The highest BCUT2D eigenvalue weighted by atomic mass is 32.2. The van der Waals surface area contributed by atoms with Crippen molar-refractivity contribution in [3.05, 3.63) is 59.5 Å². The van der Waals surface area contributed by atoms with E-state index < -0.39 is 0 Å². The van der Waals surface area contributed by atoms with Gasteiger partial charge < -0.3 is 5.32 Å². The van der Waals surface area contributed by atoms with Gasteiger partial charge >= 0.3 is 0 Å². The number of carbonyl (C=O) groups is 1. The predicted molar refractivity (Wildman–Crippen MR) is 128 cm³/mol. The average Bonchev–Trinajstić information content (AvgIpc) is 3.36. The van der Waals surface area contributed by atoms with E-state index in [2.05, 4.69) is 68.0 Å². The van der Waals surface area contributed by atoms with E-state index in [-0.39, 0.29) is 11.7 Å². The summed E-state index contributed by atoms with van der Waals surface area (Å²) in [6, 6.07) is 10.3. The lowest BCUT2D eigenvalue weighted by Gasteiger charge is -2.20. The van der Waals surface area contributed by atoms with Crippen molar-refractivity contribution in [1.82, 2.24) is 14.8 Å². The van der Waals surface area contributed by atoms with Crippen LogP contribution < -0.4 is 5.32 Å². The van der Waals surface area contributed by atoms with Crippen molar-refractivity contribution in [3.63, 3.8) is 0 Å². The van der Waals surface area contributed by atoms with Crippen LogP contribution in [0.5, 0.6) is 0 Å². The average molecular weight is 441 g/mol. The van der Waals surface area contributed by atoms with Crippen molar-refractivity contribution in [2.24, 2.45) is 0 Å². The molecule has 3 aromatic rings. The monoisotopic (exact) mass is 440 g/mol. The van der Waals surface area contributed by atoms with Crippen LogP contribution in [0.25, 0.3) is 10.7 Å². The molecule has 2 heterocycles. The molecule has 5 nitrogen and oxygen atoms in total. The van der Waals surface area contributed by atoms with Gasteiger partial charge in [0.25, 0.3) is 0 Å². The molecule has 2 aromatic heterocycles. The predicted octanol–water partition coefficient (Wildman–Crippen LogP) is 6.17. The second-order valence-corrected chi connectivity index (χ2v) is 9.53. The second kappa shape index (κ2) is 10.1. The van der Waals surface area contributed by atoms with Crippen molar-refractivity contribution in [2.75, 3.05) is 11.1 Å². The van der Waals surface area contributed by atoms with Crippen LogP contribution in [0.1, 0.15) is 50.7 Å². The van der Waals surface area contributed by atoms with Crippen molar-refractivity contribution in [2.45, 2.75) is 51.2 Å². The van der Waals surface area contributed by atoms with Gasteiger partial charge in [-0.2, -0.15) is 0 Å². The molecule has 30 heavy (non-hydrogen) atoms. The van der Waals surface area contributed by atoms with Gasteiger partial charge in [-0.3, -0.25) is 9.36 Å². The van der Waals surface area contributed by atoms with Crippen LogP contribution in [0.2, 0.25) is 0 Å². The fraction of sp³-hybridized carbons (Fsp3) is 0.348. The maximum atomic E-state index is 12.8. The summed E-state index contributed by atoms with van der Waals surface area (Å²) in [4.78, 5) is 13.9. The fourth-order valence-electron chi connectivity index (χ4n) is 3.28. The number of allylic oxidation sites excluding steroid dienone is 1. The maximum absolute atomic E-state index is 12.8. The molecule has 0 atom stereocenters. The summed E-state index contributed by atoms with van der Waals surface area (Å²) in [6.07, 6.45) is 1.82. The number of amides is 1. The van der Waals surface area contributed by atoms with Crippen molar-refractivity contribution in [3.8, 4) is 10.7 Å². The first-order valence-corrected chi connectivity index (χ1v) is 11.9. The van der Waals surface area contributed by atoms with Crippen molar-refractivity contribution >= 4 is 34.7 Å². The Morgan fingerprint density at radius 2 is 1.87 bits per heavy atom. The van der Waals surface area contributed by atoms with Gasteiger partial charge in [0.15, 0.2) is 11.0 Å². The lowest BCUT2D eigenvalue weighted by atomic mass is 9.92. The summed E-state index contributed by atoms with van der Waals surface area (Å²) in [5.74, 6) is 1.69. The maximum Gasteiger partial charge on any atom is 0.234 e. The van der Waals surface area contributed by atoms with Gasteiger partial charge in [0.1, 0.15) is 0 Å². The van der Waals surface area contributed by atoms with Gasteiger partial charge in [-0.05, 0) is 34.4 Å². The first-order valence-electron chi connectivity index (χ1n) is 10.1. The molecule has 0 aliphatic heterocycles. The third-order valence-electron chi connectivity index (χ3n) is 4.74. The highest BCUT2D eigenvalue weighted by Crippen LogP contribution is 2.33. The van der Waals surface area contributed by atoms with E-state index in [0.29, 0.717) is 18.4 Å². The summed E-state index contributed by atoms with van der Waals surface area (Å²) in [6.45, 7) is 13.0. The summed E-state index contributed by atoms with van der Waals surface area (Å²) >= 11 is 3.01. The first kappa shape index (κ1) is 22.3. The third kappa shape index (κ3) is 5.02. The van der Waals surface area contributed by atoms with Crippen LogP contribution in [0.4, 0.5) is 5.69 Å². The van der Waals surface area contributed by atoms with Gasteiger partial charge in [-0.1, -0.05) is 69.8 Å². The summed E-state index contributed by atoms with van der Waals surface area (Å²) in [5, 5.41) is 14.5. The van der Waals surface area contributed by atoms with Gasteiger partial charge in [0, 0.05) is 12.2 Å². The number of nitrogens with zero attached hydrogens (tertiary/aromatic N) is 3. The molecule has 0 radical (unpaired) electrons. The zero-order valence-electron chi connectivity index (χ0n) is 17.9. The molecule has 3 rings (SSSR count). The Bertz CT molecular complexity index is 980. The van der Waals surface area contributed by atoms with E-state index in [1.807, 2.05) is 28.2 Å². The molecule has 1 aromatic carbocycles. The van der Waals surface area contributed by atoms with Crippen LogP contribution in [0, 0.1) is 0 Å². The summed E-state index contributed by atoms with van der Waals surface area (Å²) < 4.78 is 2.00. The van der Waals surface area contributed by atoms with Crippen molar-refractivity contribution in [1.29, 1.82) is 0 Å². The Morgan fingerprint density at radius 1 is 1.17 bits per heavy atom. The minimum Gasteiger partial charge on any atom is -0.325 e. The van der Waals surface area contributed by atoms with E-state index >= 15 is 0 Å². The number of carbonyl (C=O) groups excluding carboxylic acids is 1. The Balaban J connectivity index is 1.77. The molecule has 0 unspecified atom stereocenters. The molecule has 158 valence electrons. The highest BCUT2D eigenvalue weighted by Gasteiger charge is 2.18. The molecule has 1 N–H and O–H groups in total. The molecule has 0 aliphatic rings. The van der Waals surface area contributed by atoms with Gasteiger partial charge in [-0.25, -0.2) is 0 Å². The van der Waals surface area contributed by atoms with E-state index in [4.69, 9.17) is 0 Å².